The second-order valence-corrected chi connectivity index (χ2v) is 3.84. The topological polar surface area (TPSA) is 56.7 Å². The Kier molecular flexibility index (Phi) is 3.14. The van der Waals surface area contributed by atoms with Gasteiger partial charge in [-0.05, 0) is 24.6 Å². The van der Waals surface area contributed by atoms with Gasteiger partial charge in [-0.2, -0.15) is 5.10 Å². The van der Waals surface area contributed by atoms with Gasteiger partial charge in [-0.3, -0.25) is 0 Å². The van der Waals surface area contributed by atoms with E-state index in [2.05, 4.69) is 10.1 Å². The minimum absolute atomic E-state index is 0.249. The van der Waals surface area contributed by atoms with Crippen LogP contribution in [0.5, 0.6) is 0 Å². The first-order valence-electron chi connectivity index (χ1n) is 5.15. The molecule has 1 aromatic carbocycles. The Morgan fingerprint density at radius 3 is 2.71 bits per heavy atom. The summed E-state index contributed by atoms with van der Waals surface area (Å²) in [5.74, 6) is -1.20. The number of nitrogens with two attached hydrogens (primary N) is 1. The number of rotatable bonds is 3. The molecular formula is C11H12F2N4. The van der Waals surface area contributed by atoms with Crippen LogP contribution in [0.2, 0.25) is 0 Å². The zero-order valence-electron chi connectivity index (χ0n) is 9.27. The minimum atomic E-state index is -0.866. The fraction of sp³-hybridized carbons (Fsp3) is 0.273. The third-order valence-corrected chi connectivity index (χ3v) is 2.29. The maximum Gasteiger partial charge on any atom is 0.166 e. The molecule has 1 unspecified atom stereocenters. The normalized spacial score (nSPS) is 12.7. The van der Waals surface area contributed by atoms with Gasteiger partial charge < -0.3 is 5.73 Å². The number of hydrogen-bond acceptors (Lipinski definition) is 3. The Balaban J connectivity index is 2.16. The van der Waals surface area contributed by atoms with Crippen LogP contribution in [0, 0.1) is 11.6 Å². The van der Waals surface area contributed by atoms with E-state index in [1.807, 2.05) is 0 Å². The summed E-state index contributed by atoms with van der Waals surface area (Å²) in [4.78, 5) is 4.01. The number of nitrogens with zero attached hydrogens (tertiary/aromatic N) is 3. The Hall–Kier alpha value is -1.82. The van der Waals surface area contributed by atoms with Crippen LogP contribution >= 0.6 is 0 Å². The number of aromatic nitrogens is 3. The van der Waals surface area contributed by atoms with Crippen LogP contribution in [-0.2, 0) is 6.54 Å². The summed E-state index contributed by atoms with van der Waals surface area (Å²) in [5, 5.41) is 4.12. The highest BCUT2D eigenvalue weighted by Crippen LogP contribution is 2.10. The van der Waals surface area contributed by atoms with Gasteiger partial charge in [-0.15, -0.1) is 0 Å². The Bertz CT molecular complexity index is 522. The zero-order valence-corrected chi connectivity index (χ0v) is 9.27. The summed E-state index contributed by atoms with van der Waals surface area (Å²) in [6.07, 6.45) is 1.51. The molecule has 2 rings (SSSR count). The van der Waals surface area contributed by atoms with Gasteiger partial charge >= 0.3 is 0 Å². The van der Waals surface area contributed by atoms with Gasteiger partial charge in [0.05, 0.1) is 12.6 Å². The fourth-order valence-electron chi connectivity index (χ4n) is 1.42. The smallest absolute Gasteiger partial charge is 0.166 e. The molecular weight excluding hydrogens is 226 g/mol. The van der Waals surface area contributed by atoms with Crippen molar-refractivity contribution < 1.29 is 8.78 Å². The lowest BCUT2D eigenvalue weighted by atomic mass is 10.2. The molecule has 2 aromatic rings. The summed E-state index contributed by atoms with van der Waals surface area (Å²) in [6.45, 7) is 2.11. The van der Waals surface area contributed by atoms with Crippen LogP contribution in [0.4, 0.5) is 8.78 Å². The number of halogens is 2. The molecule has 90 valence electrons. The fourth-order valence-corrected chi connectivity index (χ4v) is 1.42. The van der Waals surface area contributed by atoms with Gasteiger partial charge in [-0.25, -0.2) is 18.4 Å². The summed E-state index contributed by atoms with van der Waals surface area (Å²) < 4.78 is 27.2. The van der Waals surface area contributed by atoms with E-state index in [1.54, 1.807) is 6.92 Å². The maximum atomic E-state index is 13.0. The van der Waals surface area contributed by atoms with Crippen molar-refractivity contribution in [2.24, 2.45) is 5.73 Å². The molecule has 0 spiro atoms. The van der Waals surface area contributed by atoms with Gasteiger partial charge in [0.15, 0.2) is 17.5 Å². The molecule has 0 fully saturated rings. The lowest BCUT2D eigenvalue weighted by Gasteiger charge is -2.02. The molecule has 2 N–H and O–H groups in total. The third-order valence-electron chi connectivity index (χ3n) is 2.29. The predicted molar refractivity (Wildman–Crippen MR) is 58.1 cm³/mol. The highest BCUT2D eigenvalue weighted by atomic mass is 19.2. The van der Waals surface area contributed by atoms with Crippen molar-refractivity contribution in [1.82, 2.24) is 14.8 Å². The van der Waals surface area contributed by atoms with Gasteiger partial charge in [0.25, 0.3) is 0 Å². The average Bonchev–Trinajstić information content (AvgIpc) is 2.72. The molecule has 1 atom stereocenters. The van der Waals surface area contributed by atoms with E-state index in [4.69, 9.17) is 5.73 Å². The van der Waals surface area contributed by atoms with Crippen LogP contribution in [0.3, 0.4) is 0 Å². The molecule has 1 aromatic heterocycles. The van der Waals surface area contributed by atoms with Crippen molar-refractivity contribution in [2.75, 3.05) is 0 Å². The van der Waals surface area contributed by atoms with Crippen LogP contribution in [0.25, 0.3) is 0 Å². The maximum absolute atomic E-state index is 13.0. The highest BCUT2D eigenvalue weighted by molar-refractivity contribution is 5.17. The van der Waals surface area contributed by atoms with Crippen LogP contribution in [0.15, 0.2) is 24.5 Å². The molecule has 0 saturated carbocycles. The second-order valence-electron chi connectivity index (χ2n) is 3.84. The molecule has 17 heavy (non-hydrogen) atoms. The molecule has 0 bridgehead atoms. The van der Waals surface area contributed by atoms with Crippen molar-refractivity contribution in [3.63, 3.8) is 0 Å². The van der Waals surface area contributed by atoms with E-state index in [1.165, 1.54) is 17.1 Å². The predicted octanol–water partition coefficient (Wildman–Crippen LogP) is 1.62. The third kappa shape index (κ3) is 2.65. The van der Waals surface area contributed by atoms with Crippen LogP contribution in [0.1, 0.15) is 24.4 Å². The van der Waals surface area contributed by atoms with Crippen LogP contribution < -0.4 is 5.73 Å². The molecule has 1 heterocycles. The van der Waals surface area contributed by atoms with Crippen LogP contribution in [-0.4, -0.2) is 14.8 Å². The van der Waals surface area contributed by atoms with Crippen molar-refractivity contribution in [3.05, 3.63) is 47.5 Å². The highest BCUT2D eigenvalue weighted by Gasteiger charge is 2.07. The van der Waals surface area contributed by atoms with Crippen molar-refractivity contribution in [2.45, 2.75) is 19.5 Å². The van der Waals surface area contributed by atoms with E-state index in [0.29, 0.717) is 17.9 Å². The summed E-state index contributed by atoms with van der Waals surface area (Å²) >= 11 is 0. The summed E-state index contributed by atoms with van der Waals surface area (Å²) in [6, 6.07) is 3.49. The van der Waals surface area contributed by atoms with Gasteiger partial charge in [0, 0.05) is 0 Å². The second kappa shape index (κ2) is 4.58. The molecule has 0 aliphatic heterocycles. The quantitative estimate of drug-likeness (QED) is 0.884. The molecule has 0 radical (unpaired) electrons. The van der Waals surface area contributed by atoms with E-state index in [9.17, 15) is 8.78 Å². The van der Waals surface area contributed by atoms with Crippen molar-refractivity contribution in [3.8, 4) is 0 Å². The van der Waals surface area contributed by atoms with Gasteiger partial charge in [0.2, 0.25) is 0 Å². The molecule has 4 nitrogen and oxygen atoms in total. The van der Waals surface area contributed by atoms with Crippen molar-refractivity contribution in [1.29, 1.82) is 0 Å². The Labute approximate surface area is 97.1 Å². The van der Waals surface area contributed by atoms with E-state index in [-0.39, 0.29) is 6.04 Å². The standard InChI is InChI=1S/C11H12F2N4/c1-7(14)11-15-6-17(16-11)5-8-2-3-9(12)10(13)4-8/h2-4,6-7H,5,14H2,1H3. The average molecular weight is 238 g/mol. The zero-order chi connectivity index (χ0) is 12.4. The van der Waals surface area contributed by atoms with E-state index < -0.39 is 11.6 Å². The Morgan fingerprint density at radius 2 is 2.12 bits per heavy atom. The molecule has 0 saturated heterocycles. The van der Waals surface area contributed by atoms with E-state index >= 15 is 0 Å². The minimum Gasteiger partial charge on any atom is -0.321 e. The molecule has 6 heteroatoms. The van der Waals surface area contributed by atoms with Crippen molar-refractivity contribution >= 4 is 0 Å². The Morgan fingerprint density at radius 1 is 1.35 bits per heavy atom. The molecule has 0 amide bonds. The number of hydrogen-bond donors (Lipinski definition) is 1. The first-order chi connectivity index (χ1) is 8.06. The first kappa shape index (κ1) is 11.7. The van der Waals surface area contributed by atoms with E-state index in [0.717, 1.165) is 12.1 Å². The summed E-state index contributed by atoms with van der Waals surface area (Å²) in [5.41, 5.74) is 6.23. The van der Waals surface area contributed by atoms with Gasteiger partial charge in [0.1, 0.15) is 6.33 Å². The lowest BCUT2D eigenvalue weighted by Crippen LogP contribution is -2.08. The monoisotopic (exact) mass is 238 g/mol. The van der Waals surface area contributed by atoms with Gasteiger partial charge in [-0.1, -0.05) is 6.07 Å². The molecule has 0 aliphatic rings. The number of benzene rings is 1. The lowest BCUT2D eigenvalue weighted by molar-refractivity contribution is 0.505. The molecule has 0 aliphatic carbocycles. The largest absolute Gasteiger partial charge is 0.321 e. The summed E-state index contributed by atoms with van der Waals surface area (Å²) in [7, 11) is 0. The first-order valence-corrected chi connectivity index (χ1v) is 5.15. The SMILES string of the molecule is CC(N)c1ncn(Cc2ccc(F)c(F)c2)n1.